The maximum absolute atomic E-state index is 10.5. The quantitative estimate of drug-likeness (QED) is 0.317. The van der Waals surface area contributed by atoms with Crippen LogP contribution in [0.3, 0.4) is 0 Å². The van der Waals surface area contributed by atoms with Crippen molar-refractivity contribution in [2.24, 2.45) is 9.98 Å². The monoisotopic (exact) mass is 284 g/mol. The van der Waals surface area contributed by atoms with Gasteiger partial charge >= 0.3 is 0 Å². The van der Waals surface area contributed by atoms with Gasteiger partial charge in [-0.05, 0) is 19.3 Å². The predicted molar refractivity (Wildman–Crippen MR) is 75.1 cm³/mol. The molecule has 6 heteroatoms. The zero-order valence-electron chi connectivity index (χ0n) is 12.1. The lowest BCUT2D eigenvalue weighted by Gasteiger charge is -2.21. The van der Waals surface area contributed by atoms with Gasteiger partial charge in [-0.25, -0.2) is 14.6 Å². The topological polar surface area (TPSA) is 88.3 Å². The van der Waals surface area contributed by atoms with E-state index >= 15 is 0 Å². The maximum Gasteiger partial charge on any atom is 0.235 e. The Bertz CT molecular complexity index is 323. The lowest BCUT2D eigenvalue weighted by Crippen LogP contribution is -2.31. The Balaban J connectivity index is 4.09. The highest BCUT2D eigenvalue weighted by Crippen LogP contribution is 2.13. The number of aliphatic hydroxyl groups is 1. The molecular weight excluding hydrogens is 260 g/mol. The summed E-state index contributed by atoms with van der Waals surface area (Å²) in [6.07, 6.45) is 7.68. The van der Waals surface area contributed by atoms with Crippen molar-refractivity contribution in [1.29, 1.82) is 0 Å². The second kappa shape index (κ2) is 14.1. The summed E-state index contributed by atoms with van der Waals surface area (Å²) in [5, 5.41) is 9.32. The minimum Gasteiger partial charge on any atom is -0.394 e. The Morgan fingerprint density at radius 1 is 1.15 bits per heavy atom. The Morgan fingerprint density at radius 2 is 1.95 bits per heavy atom. The van der Waals surface area contributed by atoms with E-state index in [1.165, 1.54) is 6.08 Å². The van der Waals surface area contributed by atoms with Crippen LogP contribution in [0.25, 0.3) is 0 Å². The number of ether oxygens (including phenoxy) is 1. The Kier molecular flexibility index (Phi) is 13.2. The van der Waals surface area contributed by atoms with Gasteiger partial charge in [-0.3, -0.25) is 0 Å². The van der Waals surface area contributed by atoms with Crippen LogP contribution in [0.15, 0.2) is 9.98 Å². The summed E-state index contributed by atoms with van der Waals surface area (Å²) in [6, 6.07) is -0.357. The van der Waals surface area contributed by atoms with Gasteiger partial charge < -0.3 is 9.84 Å². The molecule has 114 valence electrons. The van der Waals surface area contributed by atoms with Gasteiger partial charge in [0.15, 0.2) is 0 Å². The van der Waals surface area contributed by atoms with Crippen LogP contribution in [0, 0.1) is 0 Å². The van der Waals surface area contributed by atoms with Crippen LogP contribution in [-0.2, 0) is 14.3 Å². The summed E-state index contributed by atoms with van der Waals surface area (Å²) in [5.41, 5.74) is 0. The van der Waals surface area contributed by atoms with Crippen LogP contribution >= 0.6 is 0 Å². The van der Waals surface area contributed by atoms with Crippen LogP contribution in [-0.4, -0.2) is 49.2 Å². The van der Waals surface area contributed by atoms with E-state index in [2.05, 4.69) is 16.9 Å². The first-order chi connectivity index (χ1) is 9.79. The van der Waals surface area contributed by atoms with E-state index in [1.807, 2.05) is 0 Å². The summed E-state index contributed by atoms with van der Waals surface area (Å²) in [4.78, 5) is 27.5. The standard InChI is InChI=1S/C14H24N2O4/c1-2-3-9-20-14(10-17)13(16-12-19)7-5-4-6-8-15-11-18/h13-14,17H,2-10H2,1H3. The zero-order valence-corrected chi connectivity index (χ0v) is 12.1. The highest BCUT2D eigenvalue weighted by molar-refractivity contribution is 5.33. The van der Waals surface area contributed by atoms with Crippen molar-refractivity contribution in [3.05, 3.63) is 0 Å². The number of hydrogen-bond donors (Lipinski definition) is 1. The normalized spacial score (nSPS) is 13.1. The average molecular weight is 284 g/mol. The highest BCUT2D eigenvalue weighted by atomic mass is 16.5. The second-order valence-electron chi connectivity index (χ2n) is 4.56. The molecule has 0 heterocycles. The molecular formula is C14H24N2O4. The molecule has 0 radical (unpaired) electrons. The third kappa shape index (κ3) is 9.59. The van der Waals surface area contributed by atoms with Gasteiger partial charge in [0, 0.05) is 6.61 Å². The van der Waals surface area contributed by atoms with Gasteiger partial charge in [0.05, 0.1) is 19.2 Å². The fourth-order valence-corrected chi connectivity index (χ4v) is 1.83. The average Bonchev–Trinajstić information content (AvgIpc) is 2.46. The highest BCUT2D eigenvalue weighted by Gasteiger charge is 2.20. The number of carbonyl (C=O) groups excluding carboxylic acids is 2. The van der Waals surface area contributed by atoms with Gasteiger partial charge in [-0.1, -0.05) is 26.2 Å². The molecule has 2 unspecified atom stereocenters. The Hall–Kier alpha value is -1.32. The van der Waals surface area contributed by atoms with Crippen LogP contribution in [0.4, 0.5) is 0 Å². The van der Waals surface area contributed by atoms with Crippen LogP contribution < -0.4 is 0 Å². The predicted octanol–water partition coefficient (Wildman–Crippen LogP) is 1.76. The molecule has 1 N–H and O–H groups in total. The van der Waals surface area contributed by atoms with Crippen LogP contribution in [0.5, 0.6) is 0 Å². The van der Waals surface area contributed by atoms with Crippen molar-refractivity contribution in [3.63, 3.8) is 0 Å². The first kappa shape index (κ1) is 18.7. The second-order valence-corrected chi connectivity index (χ2v) is 4.56. The van der Waals surface area contributed by atoms with Gasteiger partial charge in [-0.2, -0.15) is 4.99 Å². The summed E-state index contributed by atoms with van der Waals surface area (Å²) in [5.74, 6) is 0. The molecule has 0 aliphatic heterocycles. The fraction of sp³-hybridized carbons (Fsp3) is 0.857. The number of aliphatic hydroxyl groups excluding tert-OH is 1. The van der Waals surface area contributed by atoms with Crippen molar-refractivity contribution in [2.45, 2.75) is 57.6 Å². The SMILES string of the molecule is CCCCOC(CO)C(CCCCCN=C=O)N=C=O. The minimum absolute atomic E-state index is 0.158. The molecule has 0 fully saturated rings. The number of unbranched alkanes of at least 4 members (excludes halogenated alkanes) is 3. The Morgan fingerprint density at radius 3 is 2.55 bits per heavy atom. The number of rotatable bonds is 13. The van der Waals surface area contributed by atoms with Gasteiger partial charge in [0.1, 0.15) is 6.10 Å². The zero-order chi connectivity index (χ0) is 15.1. The largest absolute Gasteiger partial charge is 0.394 e. The molecule has 0 spiro atoms. The van der Waals surface area contributed by atoms with E-state index in [0.717, 1.165) is 32.1 Å². The molecule has 0 bridgehead atoms. The number of nitrogens with zero attached hydrogens (tertiary/aromatic N) is 2. The van der Waals surface area contributed by atoms with Gasteiger partial charge in [0.2, 0.25) is 12.2 Å². The molecule has 6 nitrogen and oxygen atoms in total. The summed E-state index contributed by atoms with van der Waals surface area (Å²) in [7, 11) is 0. The Labute approximate surface area is 120 Å². The summed E-state index contributed by atoms with van der Waals surface area (Å²) in [6.45, 7) is 2.93. The van der Waals surface area contributed by atoms with Crippen molar-refractivity contribution < 1.29 is 19.4 Å². The molecule has 0 rings (SSSR count). The van der Waals surface area contributed by atoms with E-state index in [-0.39, 0.29) is 12.6 Å². The van der Waals surface area contributed by atoms with E-state index in [1.54, 1.807) is 6.08 Å². The fourth-order valence-electron chi connectivity index (χ4n) is 1.83. The smallest absolute Gasteiger partial charge is 0.235 e. The number of hydrogen-bond acceptors (Lipinski definition) is 6. The van der Waals surface area contributed by atoms with Gasteiger partial charge in [-0.15, -0.1) is 0 Å². The maximum atomic E-state index is 10.5. The lowest BCUT2D eigenvalue weighted by atomic mass is 10.0. The molecule has 0 amide bonds. The number of isocyanates is 2. The number of aliphatic imine (C=N–C) groups is 2. The molecule has 2 atom stereocenters. The first-order valence-corrected chi connectivity index (χ1v) is 7.13. The summed E-state index contributed by atoms with van der Waals surface area (Å²) >= 11 is 0. The molecule has 0 aliphatic carbocycles. The van der Waals surface area contributed by atoms with Crippen LogP contribution in [0.1, 0.15) is 45.4 Å². The van der Waals surface area contributed by atoms with Crippen molar-refractivity contribution in [2.75, 3.05) is 19.8 Å². The molecule has 0 aromatic rings. The van der Waals surface area contributed by atoms with Gasteiger partial charge in [0.25, 0.3) is 0 Å². The summed E-state index contributed by atoms with van der Waals surface area (Å²) < 4.78 is 5.55. The first-order valence-electron chi connectivity index (χ1n) is 7.13. The van der Waals surface area contributed by atoms with E-state index < -0.39 is 6.10 Å². The van der Waals surface area contributed by atoms with E-state index in [9.17, 15) is 14.7 Å². The lowest BCUT2D eigenvalue weighted by molar-refractivity contribution is -0.00480. The van der Waals surface area contributed by atoms with Crippen LogP contribution in [0.2, 0.25) is 0 Å². The molecule has 0 saturated carbocycles. The van der Waals surface area contributed by atoms with Crippen molar-refractivity contribution in [3.8, 4) is 0 Å². The molecule has 20 heavy (non-hydrogen) atoms. The molecule has 0 aromatic heterocycles. The molecule has 0 aliphatic rings. The third-order valence-electron chi connectivity index (χ3n) is 2.99. The minimum atomic E-state index is -0.448. The van der Waals surface area contributed by atoms with Crippen molar-refractivity contribution >= 4 is 12.2 Å². The third-order valence-corrected chi connectivity index (χ3v) is 2.99. The van der Waals surface area contributed by atoms with Crippen molar-refractivity contribution in [1.82, 2.24) is 0 Å². The molecule has 0 saturated heterocycles. The van der Waals surface area contributed by atoms with E-state index in [4.69, 9.17) is 4.74 Å². The van der Waals surface area contributed by atoms with E-state index in [0.29, 0.717) is 19.6 Å². The molecule has 0 aromatic carbocycles.